The fourth-order valence-electron chi connectivity index (χ4n) is 3.92. The molecule has 0 radical (unpaired) electrons. The van der Waals surface area contributed by atoms with E-state index in [1.165, 1.54) is 26.9 Å². The molecule has 0 aliphatic rings. The van der Waals surface area contributed by atoms with Crippen LogP contribution in [-0.2, 0) is 24.2 Å². The van der Waals surface area contributed by atoms with Crippen molar-refractivity contribution in [3.8, 4) is 17.2 Å². The van der Waals surface area contributed by atoms with Crippen molar-refractivity contribution in [2.75, 3.05) is 27.9 Å². The molecule has 35 heavy (non-hydrogen) atoms. The zero-order chi connectivity index (χ0) is 25.2. The van der Waals surface area contributed by atoms with E-state index in [-0.39, 0.29) is 12.3 Å². The van der Waals surface area contributed by atoms with E-state index in [4.69, 9.17) is 19.3 Å². The Morgan fingerprint density at radius 1 is 0.800 bits per heavy atom. The van der Waals surface area contributed by atoms with Crippen LogP contribution in [0.25, 0.3) is 0 Å². The van der Waals surface area contributed by atoms with Crippen LogP contribution in [0.3, 0.4) is 0 Å². The van der Waals surface area contributed by atoms with E-state index < -0.39 is 5.97 Å². The standard InChI is InChI=1S/C28H31NO6/c1-33-24-17-23(18-25(34-2)27(24)35-3)28(32)29(15-7-10-20-8-5-4-6-9-20)19-22-13-11-21(12-14-22)16-26(30)31/h4-6,8-9,11-14,17-18H,7,10,15-16,19H2,1-3H3,(H,30,31). The van der Waals surface area contributed by atoms with Gasteiger partial charge in [0.2, 0.25) is 5.75 Å². The van der Waals surface area contributed by atoms with Gasteiger partial charge in [0.25, 0.3) is 5.91 Å². The number of carboxylic acids is 1. The Bertz CT molecular complexity index is 1100. The summed E-state index contributed by atoms with van der Waals surface area (Å²) in [7, 11) is 4.55. The molecule has 0 saturated carbocycles. The Balaban J connectivity index is 1.85. The van der Waals surface area contributed by atoms with E-state index in [1.54, 1.807) is 29.2 Å². The van der Waals surface area contributed by atoms with Crippen LogP contribution in [0.2, 0.25) is 0 Å². The lowest BCUT2D eigenvalue weighted by Crippen LogP contribution is -2.32. The van der Waals surface area contributed by atoms with Crippen molar-refractivity contribution in [3.63, 3.8) is 0 Å². The molecule has 7 heteroatoms. The molecule has 0 saturated heterocycles. The number of carboxylic acid groups (broad SMARTS) is 1. The van der Waals surface area contributed by atoms with E-state index in [2.05, 4.69) is 12.1 Å². The molecule has 3 aromatic rings. The molecule has 1 amide bonds. The second-order valence-electron chi connectivity index (χ2n) is 8.12. The van der Waals surface area contributed by atoms with Gasteiger partial charge in [-0.25, -0.2) is 0 Å². The molecule has 7 nitrogen and oxygen atoms in total. The molecular formula is C28H31NO6. The average molecular weight is 478 g/mol. The minimum atomic E-state index is -0.877. The number of carbonyl (C=O) groups excluding carboxylic acids is 1. The van der Waals surface area contributed by atoms with E-state index in [0.717, 1.165) is 18.4 Å². The number of amides is 1. The summed E-state index contributed by atoms with van der Waals surface area (Å²) in [5, 5.41) is 9.01. The smallest absolute Gasteiger partial charge is 0.307 e. The van der Waals surface area contributed by atoms with Gasteiger partial charge in [0, 0.05) is 18.7 Å². The summed E-state index contributed by atoms with van der Waals surface area (Å²) in [5.41, 5.74) is 3.28. The van der Waals surface area contributed by atoms with Gasteiger partial charge in [-0.1, -0.05) is 54.6 Å². The average Bonchev–Trinajstić information content (AvgIpc) is 2.88. The van der Waals surface area contributed by atoms with Crippen molar-refractivity contribution in [3.05, 3.63) is 89.0 Å². The second-order valence-corrected chi connectivity index (χ2v) is 8.12. The number of hydrogen-bond donors (Lipinski definition) is 1. The molecule has 0 heterocycles. The molecule has 3 aromatic carbocycles. The van der Waals surface area contributed by atoms with Crippen LogP contribution in [0.15, 0.2) is 66.7 Å². The van der Waals surface area contributed by atoms with Gasteiger partial charge in [-0.3, -0.25) is 9.59 Å². The van der Waals surface area contributed by atoms with Gasteiger partial charge >= 0.3 is 5.97 Å². The lowest BCUT2D eigenvalue weighted by molar-refractivity contribution is -0.136. The van der Waals surface area contributed by atoms with Gasteiger partial charge in [-0.2, -0.15) is 0 Å². The van der Waals surface area contributed by atoms with E-state index in [1.807, 2.05) is 30.3 Å². The van der Waals surface area contributed by atoms with Crippen LogP contribution in [0.5, 0.6) is 17.2 Å². The maximum atomic E-state index is 13.6. The number of methoxy groups -OCH3 is 3. The molecule has 0 spiro atoms. The predicted octanol–water partition coefficient (Wildman–Crippen LogP) is 4.61. The molecule has 0 atom stereocenters. The number of aryl methyl sites for hydroxylation is 1. The second kappa shape index (κ2) is 12.5. The highest BCUT2D eigenvalue weighted by atomic mass is 16.5. The number of hydrogen-bond acceptors (Lipinski definition) is 5. The van der Waals surface area contributed by atoms with Crippen molar-refractivity contribution in [2.45, 2.75) is 25.8 Å². The molecule has 1 N–H and O–H groups in total. The SMILES string of the molecule is COc1cc(C(=O)N(CCCc2ccccc2)Cc2ccc(CC(=O)O)cc2)cc(OC)c1OC. The summed E-state index contributed by atoms with van der Waals surface area (Å²) >= 11 is 0. The molecule has 0 fully saturated rings. The maximum Gasteiger partial charge on any atom is 0.307 e. The van der Waals surface area contributed by atoms with Crippen molar-refractivity contribution in [2.24, 2.45) is 0 Å². The fourth-order valence-corrected chi connectivity index (χ4v) is 3.92. The Morgan fingerprint density at radius 2 is 1.40 bits per heavy atom. The van der Waals surface area contributed by atoms with Crippen molar-refractivity contribution in [1.82, 2.24) is 4.90 Å². The third kappa shape index (κ3) is 6.99. The van der Waals surface area contributed by atoms with Crippen LogP contribution >= 0.6 is 0 Å². The number of ether oxygens (including phenoxy) is 3. The predicted molar refractivity (Wildman–Crippen MR) is 133 cm³/mol. The number of benzene rings is 3. The molecule has 0 aromatic heterocycles. The van der Waals surface area contributed by atoms with Gasteiger partial charge < -0.3 is 24.2 Å². The lowest BCUT2D eigenvalue weighted by atomic mass is 10.1. The van der Waals surface area contributed by atoms with E-state index in [0.29, 0.717) is 41.5 Å². The first kappa shape index (κ1) is 25.6. The normalized spacial score (nSPS) is 10.5. The summed E-state index contributed by atoms with van der Waals surface area (Å²) in [4.78, 5) is 26.4. The highest BCUT2D eigenvalue weighted by Gasteiger charge is 2.21. The Hall–Kier alpha value is -4.00. The quantitative estimate of drug-likeness (QED) is 0.410. The fraction of sp³-hybridized carbons (Fsp3) is 0.286. The molecule has 184 valence electrons. The van der Waals surface area contributed by atoms with Gasteiger partial charge in [0.15, 0.2) is 11.5 Å². The van der Waals surface area contributed by atoms with Crippen LogP contribution in [-0.4, -0.2) is 49.8 Å². The summed E-state index contributed by atoms with van der Waals surface area (Å²) in [6.45, 7) is 0.929. The topological polar surface area (TPSA) is 85.3 Å². The summed E-state index contributed by atoms with van der Waals surface area (Å²) in [6, 6.07) is 20.8. The number of aliphatic carboxylic acids is 1. The summed E-state index contributed by atoms with van der Waals surface area (Å²) < 4.78 is 16.2. The molecule has 0 bridgehead atoms. The molecule has 3 rings (SSSR count). The van der Waals surface area contributed by atoms with Gasteiger partial charge in [0.05, 0.1) is 27.8 Å². The molecule has 0 unspecified atom stereocenters. The van der Waals surface area contributed by atoms with Gasteiger partial charge in [0.1, 0.15) is 0 Å². The zero-order valence-corrected chi connectivity index (χ0v) is 20.3. The molecule has 0 aliphatic carbocycles. The summed E-state index contributed by atoms with van der Waals surface area (Å²) in [5.74, 6) is 0.218. The Kier molecular flexibility index (Phi) is 9.12. The van der Waals surface area contributed by atoms with Crippen LogP contribution in [0, 0.1) is 0 Å². The summed E-state index contributed by atoms with van der Waals surface area (Å²) in [6.07, 6.45) is 1.60. The first-order valence-corrected chi connectivity index (χ1v) is 11.4. The first-order chi connectivity index (χ1) is 16.9. The monoisotopic (exact) mass is 477 g/mol. The third-order valence-electron chi connectivity index (χ3n) is 5.69. The van der Waals surface area contributed by atoms with Gasteiger partial charge in [-0.15, -0.1) is 0 Å². The first-order valence-electron chi connectivity index (χ1n) is 11.4. The van der Waals surface area contributed by atoms with Crippen molar-refractivity contribution < 1.29 is 28.9 Å². The zero-order valence-electron chi connectivity index (χ0n) is 20.3. The minimum absolute atomic E-state index is 0.0363. The molecule has 0 aliphatic heterocycles. The Morgan fingerprint density at radius 3 is 1.94 bits per heavy atom. The van der Waals surface area contributed by atoms with E-state index in [9.17, 15) is 9.59 Å². The Labute approximate surface area is 205 Å². The van der Waals surface area contributed by atoms with Crippen molar-refractivity contribution >= 4 is 11.9 Å². The van der Waals surface area contributed by atoms with Crippen LogP contribution in [0.1, 0.15) is 33.5 Å². The lowest BCUT2D eigenvalue weighted by Gasteiger charge is -2.24. The highest BCUT2D eigenvalue weighted by molar-refractivity contribution is 5.95. The minimum Gasteiger partial charge on any atom is -0.493 e. The number of nitrogens with zero attached hydrogens (tertiary/aromatic N) is 1. The largest absolute Gasteiger partial charge is 0.493 e. The van der Waals surface area contributed by atoms with E-state index >= 15 is 0 Å². The van der Waals surface area contributed by atoms with Crippen molar-refractivity contribution in [1.29, 1.82) is 0 Å². The van der Waals surface area contributed by atoms with Crippen LogP contribution < -0.4 is 14.2 Å². The number of rotatable bonds is 12. The number of carbonyl (C=O) groups is 2. The van der Waals surface area contributed by atoms with Gasteiger partial charge in [-0.05, 0) is 41.7 Å². The highest BCUT2D eigenvalue weighted by Crippen LogP contribution is 2.38. The molecular weight excluding hydrogens is 446 g/mol. The maximum absolute atomic E-state index is 13.6. The van der Waals surface area contributed by atoms with Crippen LogP contribution in [0.4, 0.5) is 0 Å². The third-order valence-corrected chi connectivity index (χ3v) is 5.69.